The standard InChI is InChI=1S/C11H13ClINO/c12-10-3-1-9(2-4-10)11(15)5-7-14(13)8-6-11/h1-4,15H,5-8H2. The van der Waals surface area contributed by atoms with Gasteiger partial charge in [-0.25, -0.2) is 3.11 Å². The minimum absolute atomic E-state index is 0.660. The molecule has 0 saturated carbocycles. The lowest BCUT2D eigenvalue weighted by Gasteiger charge is -2.35. The van der Waals surface area contributed by atoms with Crippen molar-refractivity contribution >= 4 is 34.5 Å². The third-order valence-corrected chi connectivity index (χ3v) is 4.13. The topological polar surface area (TPSA) is 23.5 Å². The minimum atomic E-state index is -0.660. The maximum Gasteiger partial charge on any atom is 0.0921 e. The Kier molecular flexibility index (Phi) is 3.55. The second-order valence-electron chi connectivity index (χ2n) is 3.95. The van der Waals surface area contributed by atoms with Crippen molar-refractivity contribution in [1.29, 1.82) is 0 Å². The summed E-state index contributed by atoms with van der Waals surface area (Å²) in [5, 5.41) is 11.2. The van der Waals surface area contributed by atoms with Crippen LogP contribution in [0.25, 0.3) is 0 Å². The summed E-state index contributed by atoms with van der Waals surface area (Å²) in [6, 6.07) is 7.52. The summed E-state index contributed by atoms with van der Waals surface area (Å²) in [6.45, 7) is 1.86. The van der Waals surface area contributed by atoms with Gasteiger partial charge in [0.05, 0.1) is 5.60 Å². The van der Waals surface area contributed by atoms with Gasteiger partial charge in [0.25, 0.3) is 0 Å². The van der Waals surface area contributed by atoms with E-state index in [0.717, 1.165) is 31.5 Å². The van der Waals surface area contributed by atoms with Gasteiger partial charge in [-0.15, -0.1) is 0 Å². The van der Waals surface area contributed by atoms with Gasteiger partial charge in [0.2, 0.25) is 0 Å². The molecule has 2 nitrogen and oxygen atoms in total. The zero-order valence-electron chi connectivity index (χ0n) is 8.29. The molecule has 1 heterocycles. The van der Waals surface area contributed by atoms with E-state index < -0.39 is 5.60 Å². The molecule has 15 heavy (non-hydrogen) atoms. The van der Waals surface area contributed by atoms with Crippen LogP contribution in [0.3, 0.4) is 0 Å². The van der Waals surface area contributed by atoms with Crippen LogP contribution >= 0.6 is 34.5 Å². The monoisotopic (exact) mass is 337 g/mol. The molecule has 1 aromatic carbocycles. The Balaban J connectivity index is 2.18. The van der Waals surface area contributed by atoms with Crippen LogP contribution in [-0.2, 0) is 5.60 Å². The minimum Gasteiger partial charge on any atom is -0.385 e. The maximum atomic E-state index is 10.5. The van der Waals surface area contributed by atoms with Crippen LogP contribution in [0, 0.1) is 0 Å². The molecule has 1 aromatic rings. The fraction of sp³-hybridized carbons (Fsp3) is 0.455. The van der Waals surface area contributed by atoms with Gasteiger partial charge in [-0.2, -0.15) is 0 Å². The third-order valence-electron chi connectivity index (χ3n) is 2.92. The Morgan fingerprint density at radius 2 is 1.73 bits per heavy atom. The summed E-state index contributed by atoms with van der Waals surface area (Å²) in [7, 11) is 0. The lowest BCUT2D eigenvalue weighted by atomic mass is 9.85. The first-order chi connectivity index (χ1) is 7.10. The third kappa shape index (κ3) is 2.64. The zero-order valence-corrected chi connectivity index (χ0v) is 11.2. The number of piperidine rings is 1. The highest BCUT2D eigenvalue weighted by Gasteiger charge is 2.33. The summed E-state index contributed by atoms with van der Waals surface area (Å²) < 4.78 is 2.21. The van der Waals surface area contributed by atoms with E-state index in [1.54, 1.807) is 0 Å². The molecule has 1 aliphatic rings. The van der Waals surface area contributed by atoms with Crippen molar-refractivity contribution in [2.45, 2.75) is 18.4 Å². The number of rotatable bonds is 1. The highest BCUT2D eigenvalue weighted by molar-refractivity contribution is 14.1. The molecule has 0 unspecified atom stereocenters. The lowest BCUT2D eigenvalue weighted by molar-refractivity contribution is -0.00524. The number of aliphatic hydroxyl groups is 1. The smallest absolute Gasteiger partial charge is 0.0921 e. The molecule has 1 fully saturated rings. The molecule has 0 aliphatic carbocycles. The van der Waals surface area contributed by atoms with E-state index in [-0.39, 0.29) is 0 Å². The van der Waals surface area contributed by atoms with Crippen LogP contribution in [0.1, 0.15) is 18.4 Å². The molecule has 1 N–H and O–H groups in total. The predicted octanol–water partition coefficient (Wildman–Crippen LogP) is 2.97. The van der Waals surface area contributed by atoms with Crippen molar-refractivity contribution < 1.29 is 5.11 Å². The molecule has 0 atom stereocenters. The Labute approximate surface area is 109 Å². The largest absolute Gasteiger partial charge is 0.385 e. The second-order valence-corrected chi connectivity index (χ2v) is 5.75. The molecule has 0 spiro atoms. The van der Waals surface area contributed by atoms with E-state index in [0.29, 0.717) is 5.02 Å². The molecule has 4 heteroatoms. The number of nitrogens with zero attached hydrogens (tertiary/aromatic N) is 1. The molecule has 0 bridgehead atoms. The molecule has 1 aliphatic heterocycles. The van der Waals surface area contributed by atoms with Crippen LogP contribution in [0.4, 0.5) is 0 Å². The fourth-order valence-corrected chi connectivity index (χ4v) is 2.51. The first-order valence-corrected chi connectivity index (χ1v) is 6.34. The summed E-state index contributed by atoms with van der Waals surface area (Å²) in [6.07, 6.45) is 1.58. The van der Waals surface area contributed by atoms with Gasteiger partial charge in [0.15, 0.2) is 0 Å². The molecular weight excluding hydrogens is 324 g/mol. The van der Waals surface area contributed by atoms with Crippen LogP contribution in [0.5, 0.6) is 0 Å². The van der Waals surface area contributed by atoms with Crippen molar-refractivity contribution in [3.63, 3.8) is 0 Å². The van der Waals surface area contributed by atoms with E-state index in [2.05, 4.69) is 26.0 Å². The van der Waals surface area contributed by atoms with Crippen molar-refractivity contribution in [1.82, 2.24) is 3.11 Å². The van der Waals surface area contributed by atoms with Crippen molar-refractivity contribution in [2.24, 2.45) is 0 Å². The van der Waals surface area contributed by atoms with Crippen LogP contribution < -0.4 is 0 Å². The molecule has 1 saturated heterocycles. The highest BCUT2D eigenvalue weighted by atomic mass is 127. The number of hydrogen-bond acceptors (Lipinski definition) is 2. The summed E-state index contributed by atoms with van der Waals surface area (Å²) in [4.78, 5) is 0. The van der Waals surface area contributed by atoms with Gasteiger partial charge >= 0.3 is 0 Å². The molecule has 2 rings (SSSR count). The van der Waals surface area contributed by atoms with E-state index >= 15 is 0 Å². The van der Waals surface area contributed by atoms with Gasteiger partial charge in [-0.3, -0.25) is 0 Å². The fourth-order valence-electron chi connectivity index (χ4n) is 1.90. The summed E-state index contributed by atoms with van der Waals surface area (Å²) >= 11 is 8.13. The lowest BCUT2D eigenvalue weighted by Crippen LogP contribution is -2.38. The van der Waals surface area contributed by atoms with Gasteiger partial charge in [-0.1, -0.05) is 23.7 Å². The van der Waals surface area contributed by atoms with E-state index in [9.17, 15) is 5.11 Å². The summed E-state index contributed by atoms with van der Waals surface area (Å²) in [5.41, 5.74) is 0.322. The highest BCUT2D eigenvalue weighted by Crippen LogP contribution is 2.34. The molecule has 82 valence electrons. The molecule has 0 aromatic heterocycles. The Hall–Kier alpha value is 0.160. The average molecular weight is 338 g/mol. The van der Waals surface area contributed by atoms with Crippen molar-refractivity contribution in [3.05, 3.63) is 34.9 Å². The van der Waals surface area contributed by atoms with Crippen LogP contribution in [0.15, 0.2) is 24.3 Å². The number of halogens is 2. The predicted molar refractivity (Wildman–Crippen MR) is 70.2 cm³/mol. The SMILES string of the molecule is OC1(c2ccc(Cl)cc2)CCN(I)CC1. The van der Waals surface area contributed by atoms with E-state index in [1.807, 2.05) is 24.3 Å². The Morgan fingerprint density at radius 3 is 2.27 bits per heavy atom. The number of benzene rings is 1. The molecule has 0 radical (unpaired) electrons. The van der Waals surface area contributed by atoms with Gasteiger partial charge in [0, 0.05) is 41.0 Å². The van der Waals surface area contributed by atoms with E-state index in [1.165, 1.54) is 0 Å². The van der Waals surface area contributed by atoms with Crippen molar-refractivity contribution in [3.8, 4) is 0 Å². The Morgan fingerprint density at radius 1 is 1.20 bits per heavy atom. The van der Waals surface area contributed by atoms with Gasteiger partial charge in [-0.05, 0) is 30.5 Å². The van der Waals surface area contributed by atoms with Gasteiger partial charge < -0.3 is 5.11 Å². The molecule has 0 amide bonds. The van der Waals surface area contributed by atoms with E-state index in [4.69, 9.17) is 11.6 Å². The maximum absolute atomic E-state index is 10.5. The van der Waals surface area contributed by atoms with Crippen LogP contribution in [0.2, 0.25) is 5.02 Å². The Bertz CT molecular complexity index is 333. The molecular formula is C11H13ClINO. The number of hydrogen-bond donors (Lipinski definition) is 1. The van der Waals surface area contributed by atoms with Crippen LogP contribution in [-0.4, -0.2) is 21.3 Å². The van der Waals surface area contributed by atoms with Crippen molar-refractivity contribution in [2.75, 3.05) is 13.1 Å². The quantitative estimate of drug-likeness (QED) is 0.629. The first-order valence-electron chi connectivity index (χ1n) is 4.99. The first kappa shape index (κ1) is 11.6. The van der Waals surface area contributed by atoms with Gasteiger partial charge in [0.1, 0.15) is 0 Å². The average Bonchev–Trinajstić information content (AvgIpc) is 2.24. The summed E-state index contributed by atoms with van der Waals surface area (Å²) in [5.74, 6) is 0. The normalized spacial score (nSPS) is 21.5. The zero-order chi connectivity index (χ0) is 10.9. The second kappa shape index (κ2) is 4.57.